The van der Waals surface area contributed by atoms with Crippen molar-refractivity contribution >= 4 is 11.6 Å². The SMILES string of the molecule is CC(=O)OCc1ccc(Cc2nc(-c3nc(O)cc(=O)[nH]3)cn3c(F)cnc23)cc1F. The fourth-order valence-electron chi connectivity index (χ4n) is 3.01. The van der Waals surface area contributed by atoms with E-state index in [1.807, 2.05) is 0 Å². The van der Waals surface area contributed by atoms with Gasteiger partial charge in [0.1, 0.15) is 18.1 Å². The van der Waals surface area contributed by atoms with Gasteiger partial charge in [-0.3, -0.25) is 14.0 Å². The lowest BCUT2D eigenvalue weighted by Crippen LogP contribution is -2.09. The lowest BCUT2D eigenvalue weighted by Gasteiger charge is -2.09. The maximum Gasteiger partial charge on any atom is 0.302 e. The van der Waals surface area contributed by atoms with Gasteiger partial charge in [0.25, 0.3) is 5.56 Å². The number of imidazole rings is 1. The number of nitrogens with one attached hydrogen (secondary N) is 1. The summed E-state index contributed by atoms with van der Waals surface area (Å²) in [5, 5.41) is 9.60. The molecule has 4 rings (SSSR count). The second-order valence-corrected chi connectivity index (χ2v) is 6.68. The van der Waals surface area contributed by atoms with Gasteiger partial charge in [-0.05, 0) is 11.6 Å². The monoisotopic (exact) mass is 427 g/mol. The first kappa shape index (κ1) is 20.1. The van der Waals surface area contributed by atoms with Crippen molar-refractivity contribution < 1.29 is 23.4 Å². The van der Waals surface area contributed by atoms with E-state index in [2.05, 4.69) is 19.9 Å². The number of hydrogen-bond donors (Lipinski definition) is 2. The minimum atomic E-state index is -0.676. The molecule has 0 aliphatic heterocycles. The number of aromatic nitrogens is 5. The van der Waals surface area contributed by atoms with Gasteiger partial charge in [0.05, 0.1) is 18.0 Å². The molecule has 1 aromatic carbocycles. The van der Waals surface area contributed by atoms with Crippen LogP contribution in [0.1, 0.15) is 23.7 Å². The van der Waals surface area contributed by atoms with Crippen molar-refractivity contribution in [1.82, 2.24) is 24.3 Å². The number of nitrogens with zero attached hydrogens (tertiary/aromatic N) is 4. The van der Waals surface area contributed by atoms with Crippen molar-refractivity contribution in [2.24, 2.45) is 0 Å². The molecule has 4 aromatic rings. The largest absolute Gasteiger partial charge is 0.493 e. The van der Waals surface area contributed by atoms with Crippen LogP contribution in [0, 0.1) is 11.8 Å². The number of esters is 1. The van der Waals surface area contributed by atoms with Crippen molar-refractivity contribution in [2.45, 2.75) is 20.0 Å². The van der Waals surface area contributed by atoms with E-state index >= 15 is 0 Å². The lowest BCUT2D eigenvalue weighted by molar-refractivity contribution is -0.142. The van der Waals surface area contributed by atoms with E-state index in [4.69, 9.17) is 4.74 Å². The first-order valence-electron chi connectivity index (χ1n) is 9.04. The van der Waals surface area contributed by atoms with Crippen LogP contribution in [0.3, 0.4) is 0 Å². The Bertz CT molecular complexity index is 1370. The predicted molar refractivity (Wildman–Crippen MR) is 103 cm³/mol. The predicted octanol–water partition coefficient (Wildman–Crippen LogP) is 2.12. The fourth-order valence-corrected chi connectivity index (χ4v) is 3.01. The molecule has 0 radical (unpaired) electrons. The molecule has 0 spiro atoms. The number of hydrogen-bond acceptors (Lipinski definition) is 7. The van der Waals surface area contributed by atoms with Crippen molar-refractivity contribution in [3.05, 3.63) is 75.6 Å². The summed E-state index contributed by atoms with van der Waals surface area (Å²) >= 11 is 0. The minimum Gasteiger partial charge on any atom is -0.493 e. The second kappa shape index (κ2) is 7.94. The molecule has 158 valence electrons. The fraction of sp³-hybridized carbons (Fsp3) is 0.150. The van der Waals surface area contributed by atoms with Gasteiger partial charge in [0, 0.05) is 25.1 Å². The summed E-state index contributed by atoms with van der Waals surface area (Å²) in [5.74, 6) is -2.35. The summed E-state index contributed by atoms with van der Waals surface area (Å²) in [6.45, 7) is 1.04. The van der Waals surface area contributed by atoms with Crippen LogP contribution in [0.15, 0.2) is 41.5 Å². The van der Waals surface area contributed by atoms with E-state index in [9.17, 15) is 23.5 Å². The highest BCUT2D eigenvalue weighted by molar-refractivity contribution is 5.66. The lowest BCUT2D eigenvalue weighted by atomic mass is 10.1. The van der Waals surface area contributed by atoms with Gasteiger partial charge < -0.3 is 14.8 Å². The van der Waals surface area contributed by atoms with Crippen molar-refractivity contribution in [3.8, 4) is 17.4 Å². The third-order valence-electron chi connectivity index (χ3n) is 4.41. The van der Waals surface area contributed by atoms with Crippen molar-refractivity contribution in [2.75, 3.05) is 0 Å². The van der Waals surface area contributed by atoms with Crippen LogP contribution < -0.4 is 5.56 Å². The van der Waals surface area contributed by atoms with Gasteiger partial charge in [-0.1, -0.05) is 12.1 Å². The highest BCUT2D eigenvalue weighted by atomic mass is 19.1. The van der Waals surface area contributed by atoms with Gasteiger partial charge in [-0.15, -0.1) is 0 Å². The number of benzene rings is 1. The van der Waals surface area contributed by atoms with E-state index in [0.29, 0.717) is 11.3 Å². The van der Waals surface area contributed by atoms with Crippen LogP contribution >= 0.6 is 0 Å². The Kier molecular flexibility index (Phi) is 5.15. The molecule has 0 amide bonds. The van der Waals surface area contributed by atoms with Crippen molar-refractivity contribution in [1.29, 1.82) is 0 Å². The van der Waals surface area contributed by atoms with E-state index in [1.54, 1.807) is 6.07 Å². The normalized spacial score (nSPS) is 11.1. The summed E-state index contributed by atoms with van der Waals surface area (Å²) in [4.78, 5) is 37.2. The quantitative estimate of drug-likeness (QED) is 0.468. The van der Waals surface area contributed by atoms with Gasteiger partial charge in [0.2, 0.25) is 11.8 Å². The molecule has 0 unspecified atom stereocenters. The number of aromatic amines is 1. The summed E-state index contributed by atoms with van der Waals surface area (Å²) in [7, 11) is 0. The number of carbonyl (C=O) groups excluding carboxylic acids is 1. The maximum atomic E-state index is 14.4. The molecular weight excluding hydrogens is 412 g/mol. The van der Waals surface area contributed by atoms with Crippen LogP contribution in [0.2, 0.25) is 0 Å². The molecule has 0 saturated carbocycles. The zero-order chi connectivity index (χ0) is 22.1. The molecule has 31 heavy (non-hydrogen) atoms. The Morgan fingerprint density at radius 1 is 1.26 bits per heavy atom. The number of ether oxygens (including phenoxy) is 1. The molecular formula is C20H15F2N5O4. The Balaban J connectivity index is 1.74. The minimum absolute atomic E-state index is 0.0656. The molecule has 3 heterocycles. The summed E-state index contributed by atoms with van der Waals surface area (Å²) < 4.78 is 34.5. The molecule has 11 heteroatoms. The van der Waals surface area contributed by atoms with Crippen LogP contribution in [-0.2, 0) is 22.6 Å². The number of carbonyl (C=O) groups is 1. The van der Waals surface area contributed by atoms with E-state index in [0.717, 1.165) is 16.7 Å². The van der Waals surface area contributed by atoms with Gasteiger partial charge in [-0.25, -0.2) is 14.4 Å². The molecule has 0 bridgehead atoms. The van der Waals surface area contributed by atoms with Gasteiger partial charge in [0.15, 0.2) is 11.5 Å². The van der Waals surface area contributed by atoms with E-state index in [-0.39, 0.29) is 35.8 Å². The van der Waals surface area contributed by atoms with Gasteiger partial charge in [-0.2, -0.15) is 9.37 Å². The molecule has 0 aliphatic carbocycles. The van der Waals surface area contributed by atoms with E-state index in [1.165, 1.54) is 25.3 Å². The zero-order valence-corrected chi connectivity index (χ0v) is 16.1. The highest BCUT2D eigenvalue weighted by Gasteiger charge is 2.16. The van der Waals surface area contributed by atoms with Gasteiger partial charge >= 0.3 is 5.97 Å². The average Bonchev–Trinajstić information content (AvgIpc) is 3.08. The first-order valence-corrected chi connectivity index (χ1v) is 9.04. The van der Waals surface area contributed by atoms with Crippen LogP contribution in [-0.4, -0.2) is 35.4 Å². The van der Waals surface area contributed by atoms with Crippen LogP contribution in [0.25, 0.3) is 17.2 Å². The summed E-state index contributed by atoms with van der Waals surface area (Å²) in [6.07, 6.45) is 2.37. The maximum absolute atomic E-state index is 14.4. The Morgan fingerprint density at radius 3 is 2.77 bits per heavy atom. The summed E-state index contributed by atoms with van der Waals surface area (Å²) in [6, 6.07) is 5.26. The zero-order valence-electron chi connectivity index (χ0n) is 16.1. The molecule has 3 aromatic heterocycles. The third-order valence-corrected chi connectivity index (χ3v) is 4.41. The number of halogens is 2. The van der Waals surface area contributed by atoms with Crippen LogP contribution in [0.4, 0.5) is 8.78 Å². The molecule has 0 saturated heterocycles. The Labute approximate surface area is 173 Å². The Morgan fingerprint density at radius 2 is 2.06 bits per heavy atom. The third kappa shape index (κ3) is 4.25. The number of fused-ring (bicyclic) bond motifs is 1. The molecule has 0 atom stereocenters. The Hall–Kier alpha value is -4.15. The average molecular weight is 427 g/mol. The standard InChI is InChI=1S/C20H15F2N5O4/c1-10(28)31-9-12-3-2-11(4-13(12)21)5-14-20-23-7-16(22)27(20)8-15(24-14)19-25-17(29)6-18(30)26-19/h2-4,6-8H,5,9H2,1H3,(H2,25,26,29,30). The molecule has 0 aliphatic rings. The number of aromatic hydroxyl groups is 1. The molecule has 0 fully saturated rings. The first-order chi connectivity index (χ1) is 14.8. The van der Waals surface area contributed by atoms with Crippen LogP contribution in [0.5, 0.6) is 5.88 Å². The topological polar surface area (TPSA) is 122 Å². The number of H-pyrrole nitrogens is 1. The van der Waals surface area contributed by atoms with Crippen molar-refractivity contribution in [3.63, 3.8) is 0 Å². The number of rotatable bonds is 5. The highest BCUT2D eigenvalue weighted by Crippen LogP contribution is 2.21. The molecule has 9 nitrogen and oxygen atoms in total. The smallest absolute Gasteiger partial charge is 0.302 e. The second-order valence-electron chi connectivity index (χ2n) is 6.68. The molecule has 2 N–H and O–H groups in total. The van der Waals surface area contributed by atoms with E-state index < -0.39 is 29.2 Å². The summed E-state index contributed by atoms with van der Waals surface area (Å²) in [5.41, 5.74) is 0.685.